The van der Waals surface area contributed by atoms with Crippen LogP contribution in [0.3, 0.4) is 0 Å². The van der Waals surface area contributed by atoms with Crippen LogP contribution in [-0.4, -0.2) is 42.5 Å². The highest BCUT2D eigenvalue weighted by atomic mass is 19.1. The van der Waals surface area contributed by atoms with Gasteiger partial charge in [-0.05, 0) is 30.7 Å². The van der Waals surface area contributed by atoms with Gasteiger partial charge < -0.3 is 15.5 Å². The molecule has 3 rings (SSSR count). The fourth-order valence-electron chi connectivity index (χ4n) is 2.92. The van der Waals surface area contributed by atoms with Crippen LogP contribution in [0.4, 0.5) is 4.39 Å². The fraction of sp³-hybridized carbons (Fsp3) is 0.381. The summed E-state index contributed by atoms with van der Waals surface area (Å²) in [6, 6.07) is 12.1. The third-order valence-electron chi connectivity index (χ3n) is 4.47. The van der Waals surface area contributed by atoms with Gasteiger partial charge in [0.2, 0.25) is 5.91 Å². The molecule has 28 heavy (non-hydrogen) atoms. The Hall–Kier alpha value is -2.80. The molecule has 0 spiro atoms. The molecule has 148 valence electrons. The number of aromatic nitrogens is 1. The molecule has 2 aromatic rings. The molecule has 0 unspecified atom stereocenters. The summed E-state index contributed by atoms with van der Waals surface area (Å²) in [5, 5.41) is 10.1. The number of carbonyl (C=O) groups is 1. The largest absolute Gasteiger partial charge is 0.390 e. The predicted octanol–water partition coefficient (Wildman–Crippen LogP) is 2.83. The third kappa shape index (κ3) is 5.60. The number of benzene rings is 1. The molecule has 1 aromatic carbocycles. The van der Waals surface area contributed by atoms with E-state index in [9.17, 15) is 9.18 Å². The first kappa shape index (κ1) is 19.9. The molecule has 0 saturated carbocycles. The zero-order valence-electron chi connectivity index (χ0n) is 16.0. The fourth-order valence-corrected chi connectivity index (χ4v) is 2.92. The maximum atomic E-state index is 12.1. The Bertz CT molecular complexity index is 806. The maximum absolute atomic E-state index is 12.1. The van der Waals surface area contributed by atoms with Crippen molar-refractivity contribution in [1.82, 2.24) is 15.6 Å². The van der Waals surface area contributed by atoms with E-state index in [1.165, 1.54) is 6.92 Å². The van der Waals surface area contributed by atoms with Gasteiger partial charge >= 0.3 is 0 Å². The summed E-state index contributed by atoms with van der Waals surface area (Å²) in [6.07, 6.45) is 2.85. The van der Waals surface area contributed by atoms with Crippen molar-refractivity contribution < 1.29 is 14.0 Å². The second-order valence-electron chi connectivity index (χ2n) is 6.75. The van der Waals surface area contributed by atoms with Crippen LogP contribution in [0.15, 0.2) is 47.8 Å². The molecule has 2 heterocycles. The first-order valence-electron chi connectivity index (χ1n) is 9.45. The summed E-state index contributed by atoms with van der Waals surface area (Å²) in [5.74, 6) is -0.0790. The van der Waals surface area contributed by atoms with Gasteiger partial charge in [-0.25, -0.2) is 0 Å². The summed E-state index contributed by atoms with van der Waals surface area (Å²) in [7, 11) is 0. The first-order chi connectivity index (χ1) is 13.7. The molecule has 7 heteroatoms. The number of hydrogen-bond acceptors (Lipinski definition) is 5. The molecule has 6 nitrogen and oxygen atoms in total. The minimum absolute atomic E-state index is 0.0790. The lowest BCUT2D eigenvalue weighted by molar-refractivity contribution is -0.119. The molecule has 2 N–H and O–H groups in total. The molecule has 1 aromatic heterocycles. The van der Waals surface area contributed by atoms with Crippen molar-refractivity contribution in [3.63, 3.8) is 0 Å². The minimum atomic E-state index is -0.290. The van der Waals surface area contributed by atoms with Gasteiger partial charge in [0.05, 0.1) is 24.6 Å². The van der Waals surface area contributed by atoms with E-state index in [-0.39, 0.29) is 18.7 Å². The van der Waals surface area contributed by atoms with E-state index in [1.807, 2.05) is 24.3 Å². The number of hydrogen-bond donors (Lipinski definition) is 2. The van der Waals surface area contributed by atoms with E-state index in [2.05, 4.69) is 32.9 Å². The number of amides is 1. The Morgan fingerprint density at radius 3 is 2.68 bits per heavy atom. The lowest BCUT2D eigenvalue weighted by atomic mass is 10.0. The smallest absolute Gasteiger partial charge is 0.217 e. The highest BCUT2D eigenvalue weighted by molar-refractivity contribution is 6.01. The summed E-state index contributed by atoms with van der Waals surface area (Å²) < 4.78 is 12.1. The maximum Gasteiger partial charge on any atom is 0.217 e. The van der Waals surface area contributed by atoms with Crippen molar-refractivity contribution in [2.75, 3.05) is 19.8 Å². The Morgan fingerprint density at radius 1 is 1.21 bits per heavy atom. The topological polar surface area (TPSA) is 75.6 Å². The van der Waals surface area contributed by atoms with Crippen LogP contribution < -0.4 is 10.6 Å². The van der Waals surface area contributed by atoms with Crippen molar-refractivity contribution in [2.45, 2.75) is 32.4 Å². The number of pyridine rings is 1. The predicted molar refractivity (Wildman–Crippen MR) is 107 cm³/mol. The quantitative estimate of drug-likeness (QED) is 0.652. The van der Waals surface area contributed by atoms with Crippen molar-refractivity contribution in [3.8, 4) is 11.3 Å². The third-order valence-corrected chi connectivity index (χ3v) is 4.47. The van der Waals surface area contributed by atoms with E-state index in [4.69, 9.17) is 4.84 Å². The van der Waals surface area contributed by atoms with E-state index in [1.54, 1.807) is 6.20 Å². The van der Waals surface area contributed by atoms with Crippen LogP contribution in [0.5, 0.6) is 0 Å². The Balaban J connectivity index is 1.55. The molecular formula is C21H25FN4O2. The van der Waals surface area contributed by atoms with Crippen molar-refractivity contribution >= 4 is 11.6 Å². The zero-order chi connectivity index (χ0) is 19.8. The van der Waals surface area contributed by atoms with Crippen LogP contribution in [0.2, 0.25) is 0 Å². The molecule has 0 fully saturated rings. The average Bonchev–Trinajstić information content (AvgIpc) is 3.19. The number of alkyl halides is 1. The number of carbonyl (C=O) groups excluding carboxylic acids is 1. The number of rotatable bonds is 9. The molecule has 1 aliphatic heterocycles. The van der Waals surface area contributed by atoms with Gasteiger partial charge in [-0.15, -0.1) is 0 Å². The highest BCUT2D eigenvalue weighted by Crippen LogP contribution is 2.20. The first-order valence-corrected chi connectivity index (χ1v) is 9.45. The van der Waals surface area contributed by atoms with Gasteiger partial charge in [0.25, 0.3) is 0 Å². The number of halogens is 1. The number of nitrogens with one attached hydrogen (secondary N) is 2. The molecule has 0 radical (unpaired) electrons. The Morgan fingerprint density at radius 2 is 2.00 bits per heavy atom. The average molecular weight is 384 g/mol. The van der Waals surface area contributed by atoms with Crippen LogP contribution >= 0.6 is 0 Å². The molecule has 1 amide bonds. The number of nitrogens with zero attached hydrogens (tertiary/aromatic N) is 2. The Labute approximate surface area is 164 Å². The van der Waals surface area contributed by atoms with Gasteiger partial charge in [-0.2, -0.15) is 0 Å². The number of oxime groups is 1. The van der Waals surface area contributed by atoms with Gasteiger partial charge in [-0.1, -0.05) is 29.4 Å². The summed E-state index contributed by atoms with van der Waals surface area (Å²) in [5.41, 5.74) is 4.83. The van der Waals surface area contributed by atoms with Crippen LogP contribution in [0, 0.1) is 0 Å². The second kappa shape index (κ2) is 9.94. The Kier molecular flexibility index (Phi) is 7.08. The van der Waals surface area contributed by atoms with Gasteiger partial charge in [0.1, 0.15) is 6.10 Å². The van der Waals surface area contributed by atoms with E-state index < -0.39 is 0 Å². The molecule has 1 aliphatic rings. The zero-order valence-corrected chi connectivity index (χ0v) is 16.0. The van der Waals surface area contributed by atoms with Crippen molar-refractivity contribution in [1.29, 1.82) is 0 Å². The standard InChI is InChI=1S/C21H25FN4O2/c1-15(27)24-14-19-11-21(26-28-19)18-7-8-20(25-13-18)17-5-3-16(4-6-17)12-23-10-2-9-22/h3-8,13,19,23H,2,9-12,14H2,1H3,(H,24,27)/t19-/m1/s1. The lowest BCUT2D eigenvalue weighted by Gasteiger charge is -2.08. The van der Waals surface area contributed by atoms with Crippen molar-refractivity contribution in [2.24, 2.45) is 5.16 Å². The monoisotopic (exact) mass is 384 g/mol. The van der Waals surface area contributed by atoms with Gasteiger partial charge in [0.15, 0.2) is 0 Å². The van der Waals surface area contributed by atoms with Crippen LogP contribution in [0.1, 0.15) is 30.9 Å². The second-order valence-corrected chi connectivity index (χ2v) is 6.75. The molecule has 0 saturated heterocycles. The molecule has 0 bridgehead atoms. The summed E-state index contributed by atoms with van der Waals surface area (Å²) in [4.78, 5) is 20.9. The summed E-state index contributed by atoms with van der Waals surface area (Å²) >= 11 is 0. The van der Waals surface area contributed by atoms with Crippen molar-refractivity contribution in [3.05, 3.63) is 53.7 Å². The summed E-state index contributed by atoms with van der Waals surface area (Å²) in [6.45, 7) is 3.05. The SMILES string of the molecule is CC(=O)NC[C@H]1CC(c2ccc(-c3ccc(CNCCCF)cc3)nc2)=NO1. The van der Waals surface area contributed by atoms with E-state index in [0.717, 1.165) is 34.6 Å². The van der Waals surface area contributed by atoms with Crippen LogP contribution in [-0.2, 0) is 16.2 Å². The molecule has 1 atom stereocenters. The van der Waals surface area contributed by atoms with Crippen LogP contribution in [0.25, 0.3) is 11.3 Å². The van der Waals surface area contributed by atoms with E-state index in [0.29, 0.717) is 25.9 Å². The minimum Gasteiger partial charge on any atom is -0.390 e. The molecule has 0 aliphatic carbocycles. The normalized spacial score (nSPS) is 15.8. The van der Waals surface area contributed by atoms with E-state index >= 15 is 0 Å². The molecular weight excluding hydrogens is 359 g/mol. The van der Waals surface area contributed by atoms with Gasteiger partial charge in [0, 0.05) is 37.2 Å². The van der Waals surface area contributed by atoms with Gasteiger partial charge in [-0.3, -0.25) is 14.2 Å². The lowest BCUT2D eigenvalue weighted by Crippen LogP contribution is -2.30. The highest BCUT2D eigenvalue weighted by Gasteiger charge is 2.22.